The number of fused-ring (bicyclic) bond motifs is 3. The molecule has 6 rings (SSSR count). The molecule has 1 heteroatoms. The molecule has 0 saturated heterocycles. The fourth-order valence-electron chi connectivity index (χ4n) is 5.03. The Kier molecular flexibility index (Phi) is 4.67. The van der Waals surface area contributed by atoms with Crippen molar-refractivity contribution in [2.24, 2.45) is 0 Å². The van der Waals surface area contributed by atoms with E-state index in [1.165, 1.54) is 44.5 Å². The van der Waals surface area contributed by atoms with Crippen LogP contribution < -0.4 is 0 Å². The molecular formula is C31H21Cl. The minimum Gasteiger partial charge on any atom is -0.0829 e. The maximum Gasteiger partial charge on any atom is 0.0572 e. The monoisotopic (exact) mass is 428 g/mol. The SMILES string of the molecule is Clc1c2c(c(-c3ccccc3)c(-c3ccccc3)c1-c1ccccc1)Cc1ccccc1-2. The van der Waals surface area contributed by atoms with Gasteiger partial charge < -0.3 is 0 Å². The van der Waals surface area contributed by atoms with E-state index in [1.54, 1.807) is 0 Å². The van der Waals surface area contributed by atoms with Crippen LogP contribution in [0.5, 0.6) is 0 Å². The molecule has 0 aliphatic heterocycles. The fraction of sp³-hybridized carbons (Fsp3) is 0.0323. The summed E-state index contributed by atoms with van der Waals surface area (Å²) >= 11 is 7.33. The minimum absolute atomic E-state index is 0.842. The molecule has 0 nitrogen and oxygen atoms in total. The Labute approximate surface area is 193 Å². The Bertz CT molecular complexity index is 1420. The van der Waals surface area contributed by atoms with Crippen LogP contribution in [-0.2, 0) is 6.42 Å². The molecule has 0 bridgehead atoms. The van der Waals surface area contributed by atoms with Crippen LogP contribution in [0.15, 0.2) is 115 Å². The second-order valence-electron chi connectivity index (χ2n) is 8.22. The Morgan fingerprint density at radius 3 is 1.50 bits per heavy atom. The van der Waals surface area contributed by atoms with Gasteiger partial charge in [0, 0.05) is 11.1 Å². The molecule has 0 aromatic heterocycles. The summed E-state index contributed by atoms with van der Waals surface area (Å²) in [6.45, 7) is 0. The average molecular weight is 429 g/mol. The molecule has 0 fully saturated rings. The van der Waals surface area contributed by atoms with Gasteiger partial charge in [0.05, 0.1) is 5.02 Å². The lowest BCUT2D eigenvalue weighted by Crippen LogP contribution is -1.98. The second-order valence-corrected chi connectivity index (χ2v) is 8.60. The first-order valence-corrected chi connectivity index (χ1v) is 11.3. The van der Waals surface area contributed by atoms with Gasteiger partial charge in [-0.1, -0.05) is 127 Å². The predicted molar refractivity (Wildman–Crippen MR) is 136 cm³/mol. The summed E-state index contributed by atoms with van der Waals surface area (Å²) in [6.07, 6.45) is 0.893. The van der Waals surface area contributed by atoms with E-state index in [0.717, 1.165) is 22.6 Å². The van der Waals surface area contributed by atoms with Crippen molar-refractivity contribution in [3.8, 4) is 44.5 Å². The highest BCUT2D eigenvalue weighted by Crippen LogP contribution is 2.54. The molecule has 152 valence electrons. The summed E-state index contributed by atoms with van der Waals surface area (Å²) in [5.41, 5.74) is 12.2. The third-order valence-electron chi connectivity index (χ3n) is 6.38. The van der Waals surface area contributed by atoms with Crippen LogP contribution in [0, 0.1) is 0 Å². The second kappa shape index (κ2) is 7.82. The Morgan fingerprint density at radius 1 is 0.438 bits per heavy atom. The van der Waals surface area contributed by atoms with Crippen LogP contribution in [0.3, 0.4) is 0 Å². The normalized spacial score (nSPS) is 11.8. The molecule has 0 heterocycles. The average Bonchev–Trinajstić information content (AvgIpc) is 3.25. The first-order valence-electron chi connectivity index (χ1n) is 11.0. The van der Waals surface area contributed by atoms with Crippen LogP contribution in [0.1, 0.15) is 11.1 Å². The molecule has 0 N–H and O–H groups in total. The van der Waals surface area contributed by atoms with Gasteiger partial charge in [-0.2, -0.15) is 0 Å². The van der Waals surface area contributed by atoms with Gasteiger partial charge in [-0.25, -0.2) is 0 Å². The van der Waals surface area contributed by atoms with E-state index in [4.69, 9.17) is 11.6 Å². The zero-order valence-corrected chi connectivity index (χ0v) is 18.3. The van der Waals surface area contributed by atoms with Crippen LogP contribution in [0.25, 0.3) is 44.5 Å². The van der Waals surface area contributed by atoms with Crippen molar-refractivity contribution in [2.45, 2.75) is 6.42 Å². The standard InChI is InChI=1S/C31H21Cl/c32-31-29(23-16-8-3-9-17-23)28(22-14-6-2-7-15-22)27(21-12-4-1-5-13-21)26-20-24-18-10-11-19-25(24)30(26)31/h1-19H,20H2. The van der Waals surface area contributed by atoms with Gasteiger partial charge in [-0.15, -0.1) is 0 Å². The van der Waals surface area contributed by atoms with Gasteiger partial charge in [-0.05, 0) is 50.9 Å². The lowest BCUT2D eigenvalue weighted by atomic mass is 9.82. The molecule has 0 unspecified atom stereocenters. The Hall–Kier alpha value is -3.61. The molecule has 0 radical (unpaired) electrons. The van der Waals surface area contributed by atoms with E-state index in [1.807, 2.05) is 0 Å². The quantitative estimate of drug-likeness (QED) is 0.264. The molecule has 0 amide bonds. The maximum absolute atomic E-state index is 7.33. The molecular weight excluding hydrogens is 408 g/mol. The largest absolute Gasteiger partial charge is 0.0829 e. The van der Waals surface area contributed by atoms with E-state index in [0.29, 0.717) is 0 Å². The van der Waals surface area contributed by atoms with Gasteiger partial charge in [0.25, 0.3) is 0 Å². The van der Waals surface area contributed by atoms with Crippen molar-refractivity contribution in [3.63, 3.8) is 0 Å². The first-order chi connectivity index (χ1) is 15.8. The van der Waals surface area contributed by atoms with Gasteiger partial charge in [0.1, 0.15) is 0 Å². The van der Waals surface area contributed by atoms with Crippen molar-refractivity contribution in [2.75, 3.05) is 0 Å². The molecule has 0 spiro atoms. The van der Waals surface area contributed by atoms with Crippen molar-refractivity contribution < 1.29 is 0 Å². The van der Waals surface area contributed by atoms with Crippen LogP contribution >= 0.6 is 11.6 Å². The summed E-state index contributed by atoms with van der Waals surface area (Å²) in [5.74, 6) is 0. The lowest BCUT2D eigenvalue weighted by Gasteiger charge is -2.23. The Morgan fingerprint density at radius 2 is 0.906 bits per heavy atom. The summed E-state index contributed by atoms with van der Waals surface area (Å²) < 4.78 is 0. The van der Waals surface area contributed by atoms with Gasteiger partial charge in [-0.3, -0.25) is 0 Å². The van der Waals surface area contributed by atoms with E-state index >= 15 is 0 Å². The highest BCUT2D eigenvalue weighted by molar-refractivity contribution is 6.38. The van der Waals surface area contributed by atoms with Gasteiger partial charge >= 0.3 is 0 Å². The highest BCUT2D eigenvalue weighted by Gasteiger charge is 2.30. The topological polar surface area (TPSA) is 0 Å². The maximum atomic E-state index is 7.33. The lowest BCUT2D eigenvalue weighted by molar-refractivity contribution is 1.26. The molecule has 0 saturated carbocycles. The summed E-state index contributed by atoms with van der Waals surface area (Å²) in [7, 11) is 0. The van der Waals surface area contributed by atoms with Crippen molar-refractivity contribution >= 4 is 11.6 Å². The summed E-state index contributed by atoms with van der Waals surface area (Å²) in [5, 5.41) is 0.842. The number of halogens is 1. The van der Waals surface area contributed by atoms with E-state index < -0.39 is 0 Å². The smallest absolute Gasteiger partial charge is 0.0572 e. The van der Waals surface area contributed by atoms with Crippen molar-refractivity contribution in [3.05, 3.63) is 131 Å². The van der Waals surface area contributed by atoms with Crippen LogP contribution in [0.4, 0.5) is 0 Å². The third kappa shape index (κ3) is 2.99. The Balaban J connectivity index is 1.82. The van der Waals surface area contributed by atoms with Crippen molar-refractivity contribution in [1.82, 2.24) is 0 Å². The van der Waals surface area contributed by atoms with Crippen molar-refractivity contribution in [1.29, 1.82) is 0 Å². The van der Waals surface area contributed by atoms with Gasteiger partial charge in [0.15, 0.2) is 0 Å². The molecule has 32 heavy (non-hydrogen) atoms. The number of hydrogen-bond acceptors (Lipinski definition) is 0. The molecule has 5 aromatic carbocycles. The fourth-order valence-corrected chi connectivity index (χ4v) is 5.45. The highest BCUT2D eigenvalue weighted by atomic mass is 35.5. The number of benzene rings is 5. The number of rotatable bonds is 3. The first kappa shape index (κ1) is 19.1. The van der Waals surface area contributed by atoms with Crippen LogP contribution in [-0.4, -0.2) is 0 Å². The van der Waals surface area contributed by atoms with E-state index in [9.17, 15) is 0 Å². The number of hydrogen-bond donors (Lipinski definition) is 0. The molecule has 0 atom stereocenters. The zero-order valence-electron chi connectivity index (χ0n) is 17.6. The summed E-state index contributed by atoms with van der Waals surface area (Å²) in [4.78, 5) is 0. The molecule has 1 aliphatic carbocycles. The van der Waals surface area contributed by atoms with Crippen LogP contribution in [0.2, 0.25) is 5.02 Å². The zero-order chi connectivity index (χ0) is 21.5. The third-order valence-corrected chi connectivity index (χ3v) is 6.76. The van der Waals surface area contributed by atoms with Gasteiger partial charge in [0.2, 0.25) is 0 Å². The molecule has 5 aromatic rings. The van der Waals surface area contributed by atoms with E-state index in [2.05, 4.69) is 115 Å². The predicted octanol–water partition coefficient (Wildman–Crippen LogP) is 8.91. The molecule has 1 aliphatic rings. The minimum atomic E-state index is 0.842. The summed E-state index contributed by atoms with van der Waals surface area (Å²) in [6, 6.07) is 40.6. The van der Waals surface area contributed by atoms with E-state index in [-0.39, 0.29) is 0 Å².